The predicted octanol–water partition coefficient (Wildman–Crippen LogP) is 1.52. The van der Waals surface area contributed by atoms with Gasteiger partial charge in [-0.05, 0) is 36.5 Å². The molecular weight excluding hydrogens is 204 g/mol. The fraction of sp³-hybridized carbons (Fsp3) is 0.333. The number of carbonyl (C=O) groups is 1. The van der Waals surface area contributed by atoms with Crippen LogP contribution in [0.2, 0.25) is 0 Å². The van der Waals surface area contributed by atoms with E-state index in [1.54, 1.807) is 18.4 Å². The first kappa shape index (κ1) is 10.7. The maximum absolute atomic E-state index is 11.4. The van der Waals surface area contributed by atoms with Crippen LogP contribution in [0.4, 0.5) is 0 Å². The second kappa shape index (κ2) is 4.35. The van der Waals surface area contributed by atoms with E-state index in [9.17, 15) is 4.79 Å². The van der Waals surface area contributed by atoms with Crippen molar-refractivity contribution < 1.29 is 9.53 Å². The van der Waals surface area contributed by atoms with Crippen LogP contribution in [0, 0.1) is 11.3 Å². The van der Waals surface area contributed by atoms with E-state index in [-0.39, 0.29) is 5.97 Å². The second-order valence-electron chi connectivity index (χ2n) is 3.86. The number of esters is 1. The average Bonchev–Trinajstić information content (AvgIpc) is 3.14. The normalized spacial score (nSPS) is 21.9. The van der Waals surface area contributed by atoms with Gasteiger partial charge in [0.2, 0.25) is 0 Å². The third kappa shape index (κ3) is 2.05. The highest BCUT2D eigenvalue weighted by Gasteiger charge is 2.27. The van der Waals surface area contributed by atoms with E-state index >= 15 is 0 Å². The third-order valence-electron chi connectivity index (χ3n) is 2.71. The number of allylic oxidation sites excluding steroid dienone is 2. The van der Waals surface area contributed by atoms with Crippen molar-refractivity contribution in [2.75, 3.05) is 7.11 Å². The van der Waals surface area contributed by atoms with Gasteiger partial charge >= 0.3 is 5.97 Å². The summed E-state index contributed by atoms with van der Waals surface area (Å²) in [5.41, 5.74) is 2.31. The molecule has 16 heavy (non-hydrogen) atoms. The van der Waals surface area contributed by atoms with E-state index in [0.29, 0.717) is 11.5 Å². The van der Waals surface area contributed by atoms with E-state index in [4.69, 9.17) is 5.41 Å². The topological polar surface area (TPSA) is 62.2 Å². The van der Waals surface area contributed by atoms with Crippen LogP contribution in [0.25, 0.3) is 0 Å². The first-order chi connectivity index (χ1) is 7.76. The van der Waals surface area contributed by atoms with Crippen molar-refractivity contribution in [3.63, 3.8) is 0 Å². The minimum atomic E-state index is -0.352. The van der Waals surface area contributed by atoms with Crippen LogP contribution < -0.4 is 5.32 Å². The molecule has 1 aliphatic heterocycles. The fourth-order valence-electron chi connectivity index (χ4n) is 1.69. The summed E-state index contributed by atoms with van der Waals surface area (Å²) in [4.78, 5) is 11.4. The molecule has 0 aromatic heterocycles. The first-order valence-corrected chi connectivity index (χ1v) is 5.24. The molecule has 1 saturated carbocycles. The molecule has 4 heteroatoms. The van der Waals surface area contributed by atoms with Crippen LogP contribution in [0.15, 0.2) is 35.2 Å². The Bertz CT molecular complexity index is 415. The van der Waals surface area contributed by atoms with E-state index in [0.717, 1.165) is 24.1 Å². The van der Waals surface area contributed by atoms with Gasteiger partial charge in [-0.25, -0.2) is 4.79 Å². The molecular formula is C12H14N2O2. The maximum Gasteiger partial charge on any atom is 0.337 e. The van der Waals surface area contributed by atoms with Crippen molar-refractivity contribution in [2.24, 2.45) is 5.92 Å². The molecule has 2 rings (SSSR count). The standard InChI is InChI=1S/C12H14N2O2/c1-16-12(15)9-4-5-14-11(6-9)10(7-13)8-2-3-8/h4-8,13-14H,2-3H2,1H3/b11-10+,13-7?. The average molecular weight is 218 g/mol. The Hall–Kier alpha value is -1.84. The molecule has 0 unspecified atom stereocenters. The Morgan fingerprint density at radius 1 is 1.62 bits per heavy atom. The van der Waals surface area contributed by atoms with Crippen LogP contribution in [0.3, 0.4) is 0 Å². The number of methoxy groups -OCH3 is 1. The van der Waals surface area contributed by atoms with Gasteiger partial charge in [-0.1, -0.05) is 0 Å². The second-order valence-corrected chi connectivity index (χ2v) is 3.86. The van der Waals surface area contributed by atoms with Crippen molar-refractivity contribution >= 4 is 12.2 Å². The van der Waals surface area contributed by atoms with Crippen molar-refractivity contribution in [2.45, 2.75) is 12.8 Å². The maximum atomic E-state index is 11.4. The minimum absolute atomic E-state index is 0.352. The highest BCUT2D eigenvalue weighted by Crippen LogP contribution is 2.37. The molecule has 0 amide bonds. The number of ether oxygens (including phenoxy) is 1. The zero-order chi connectivity index (χ0) is 11.5. The summed E-state index contributed by atoms with van der Waals surface area (Å²) in [6.07, 6.45) is 8.73. The van der Waals surface area contributed by atoms with Crippen molar-refractivity contribution in [3.05, 3.63) is 35.2 Å². The lowest BCUT2D eigenvalue weighted by Gasteiger charge is -2.13. The number of hydrogen-bond acceptors (Lipinski definition) is 4. The number of hydrogen-bond donors (Lipinski definition) is 2. The molecule has 1 fully saturated rings. The summed E-state index contributed by atoms with van der Waals surface area (Å²) in [5, 5.41) is 10.5. The Balaban J connectivity index is 2.30. The summed E-state index contributed by atoms with van der Waals surface area (Å²) >= 11 is 0. The molecule has 2 N–H and O–H groups in total. The monoisotopic (exact) mass is 218 g/mol. The Morgan fingerprint density at radius 2 is 2.38 bits per heavy atom. The lowest BCUT2D eigenvalue weighted by molar-refractivity contribution is -0.135. The van der Waals surface area contributed by atoms with Crippen LogP contribution in [-0.2, 0) is 9.53 Å². The Morgan fingerprint density at radius 3 is 2.94 bits per heavy atom. The number of nitrogens with one attached hydrogen (secondary N) is 2. The van der Waals surface area contributed by atoms with Crippen molar-refractivity contribution in [1.82, 2.24) is 5.32 Å². The van der Waals surface area contributed by atoms with Gasteiger partial charge in [0, 0.05) is 18.1 Å². The molecule has 1 heterocycles. The van der Waals surface area contributed by atoms with E-state index in [2.05, 4.69) is 10.1 Å². The number of dihydropyridines is 1. The van der Waals surface area contributed by atoms with Gasteiger partial charge in [-0.2, -0.15) is 0 Å². The lowest BCUT2D eigenvalue weighted by atomic mass is 10.1. The van der Waals surface area contributed by atoms with Crippen LogP contribution in [-0.4, -0.2) is 19.3 Å². The number of rotatable bonds is 3. The summed E-state index contributed by atoms with van der Waals surface area (Å²) < 4.78 is 4.66. The van der Waals surface area contributed by atoms with Crippen molar-refractivity contribution in [3.8, 4) is 0 Å². The molecule has 2 aliphatic rings. The van der Waals surface area contributed by atoms with Gasteiger partial charge in [0.05, 0.1) is 12.7 Å². The Kier molecular flexibility index (Phi) is 2.90. The van der Waals surface area contributed by atoms with Crippen molar-refractivity contribution in [1.29, 1.82) is 5.41 Å². The zero-order valence-electron chi connectivity index (χ0n) is 9.12. The summed E-state index contributed by atoms with van der Waals surface area (Å²) in [5.74, 6) is 0.122. The Labute approximate surface area is 94.2 Å². The molecule has 84 valence electrons. The van der Waals surface area contributed by atoms with Crippen LogP contribution in [0.1, 0.15) is 12.8 Å². The molecule has 0 radical (unpaired) electrons. The SMILES string of the molecule is COC(=O)C1=C/C(=C(/C=N)C2CC2)NC=C1. The number of carbonyl (C=O) groups excluding carboxylic acids is 1. The summed E-state index contributed by atoms with van der Waals surface area (Å²) in [6, 6.07) is 0. The van der Waals surface area contributed by atoms with E-state index in [1.165, 1.54) is 13.3 Å². The molecule has 0 atom stereocenters. The van der Waals surface area contributed by atoms with Crippen LogP contribution >= 0.6 is 0 Å². The highest BCUT2D eigenvalue weighted by atomic mass is 16.5. The zero-order valence-corrected chi connectivity index (χ0v) is 9.12. The van der Waals surface area contributed by atoms with Gasteiger partial charge < -0.3 is 15.5 Å². The first-order valence-electron chi connectivity index (χ1n) is 5.24. The molecule has 0 saturated heterocycles. The molecule has 0 aromatic carbocycles. The molecule has 0 spiro atoms. The lowest BCUT2D eigenvalue weighted by Crippen LogP contribution is -2.15. The predicted molar refractivity (Wildman–Crippen MR) is 60.9 cm³/mol. The molecule has 4 nitrogen and oxygen atoms in total. The summed E-state index contributed by atoms with van der Waals surface area (Å²) in [6.45, 7) is 0. The van der Waals surface area contributed by atoms with Gasteiger partial charge in [0.15, 0.2) is 0 Å². The van der Waals surface area contributed by atoms with E-state index < -0.39 is 0 Å². The van der Waals surface area contributed by atoms with Crippen LogP contribution in [0.5, 0.6) is 0 Å². The highest BCUT2D eigenvalue weighted by molar-refractivity contribution is 5.93. The van der Waals surface area contributed by atoms with Gasteiger partial charge in [-0.15, -0.1) is 0 Å². The van der Waals surface area contributed by atoms with Gasteiger partial charge in [0.25, 0.3) is 0 Å². The summed E-state index contributed by atoms with van der Waals surface area (Å²) in [7, 11) is 1.36. The quantitative estimate of drug-likeness (QED) is 0.557. The molecule has 0 aromatic rings. The van der Waals surface area contributed by atoms with Gasteiger partial charge in [0.1, 0.15) is 0 Å². The van der Waals surface area contributed by atoms with Gasteiger partial charge in [-0.3, -0.25) is 0 Å². The third-order valence-corrected chi connectivity index (χ3v) is 2.71. The fourth-order valence-corrected chi connectivity index (χ4v) is 1.69. The smallest absolute Gasteiger partial charge is 0.337 e. The minimum Gasteiger partial charge on any atom is -0.465 e. The largest absolute Gasteiger partial charge is 0.465 e. The molecule has 0 bridgehead atoms. The van der Waals surface area contributed by atoms with E-state index in [1.807, 2.05) is 0 Å². The molecule has 1 aliphatic carbocycles.